The molecule has 3 rings (SSSR count). The summed E-state index contributed by atoms with van der Waals surface area (Å²) in [4.78, 5) is 26.9. The monoisotopic (exact) mass is 445 g/mol. The number of aliphatic hydroxyl groups excluding tert-OH is 1. The maximum Gasteiger partial charge on any atom is 0.295 e. The van der Waals surface area contributed by atoms with Gasteiger partial charge >= 0.3 is 0 Å². The molecule has 0 bridgehead atoms. The number of methoxy groups -OCH3 is 2. The Morgan fingerprint density at radius 2 is 1.89 bits per heavy atom. The van der Waals surface area contributed by atoms with Crippen LogP contribution < -0.4 is 4.74 Å². The lowest BCUT2D eigenvalue weighted by Gasteiger charge is -2.25. The number of hydrogen-bond donors (Lipinski definition) is 1. The Balaban J connectivity index is 2.17. The quantitative estimate of drug-likeness (QED) is 0.418. The molecule has 0 saturated carbocycles. The summed E-state index contributed by atoms with van der Waals surface area (Å²) in [6, 6.07) is 13.3. The molecule has 1 heterocycles. The third kappa shape index (κ3) is 3.81. The zero-order valence-electron chi connectivity index (χ0n) is 15.5. The molecule has 2 aromatic carbocycles. The van der Waals surface area contributed by atoms with Crippen molar-refractivity contribution in [1.82, 2.24) is 4.90 Å². The standard InChI is InChI=1S/C21H20BrNO5/c1-27-10-9-23-18(13-5-3-7-15(22)11-13)17(20(25)21(23)26)19(24)14-6-4-8-16(12-14)28-2/h3-8,11-12,18,24H,9-10H2,1-2H3/b19-17+. The van der Waals surface area contributed by atoms with E-state index in [0.29, 0.717) is 16.9 Å². The van der Waals surface area contributed by atoms with Gasteiger partial charge in [-0.3, -0.25) is 9.59 Å². The number of hydrogen-bond acceptors (Lipinski definition) is 5. The van der Waals surface area contributed by atoms with Crippen LogP contribution in [0.3, 0.4) is 0 Å². The van der Waals surface area contributed by atoms with E-state index in [0.717, 1.165) is 4.47 Å². The predicted octanol–water partition coefficient (Wildman–Crippen LogP) is 3.53. The van der Waals surface area contributed by atoms with Crippen LogP contribution in [0.1, 0.15) is 17.2 Å². The first-order valence-electron chi connectivity index (χ1n) is 8.65. The first-order chi connectivity index (χ1) is 13.5. The zero-order chi connectivity index (χ0) is 20.3. The number of nitrogens with zero attached hydrogens (tertiary/aromatic N) is 1. The number of rotatable bonds is 6. The minimum absolute atomic E-state index is 0.0486. The zero-order valence-corrected chi connectivity index (χ0v) is 17.1. The summed E-state index contributed by atoms with van der Waals surface area (Å²) in [5.41, 5.74) is 1.17. The number of aliphatic hydroxyl groups is 1. The van der Waals surface area contributed by atoms with E-state index in [-0.39, 0.29) is 24.5 Å². The molecule has 6 nitrogen and oxygen atoms in total. The molecule has 1 aliphatic rings. The number of carbonyl (C=O) groups excluding carboxylic acids is 2. The molecule has 0 spiro atoms. The summed E-state index contributed by atoms with van der Waals surface area (Å²) in [6.45, 7) is 0.504. The van der Waals surface area contributed by atoms with Crippen molar-refractivity contribution in [2.75, 3.05) is 27.4 Å². The van der Waals surface area contributed by atoms with Gasteiger partial charge in [0, 0.05) is 23.7 Å². The van der Waals surface area contributed by atoms with Gasteiger partial charge in [0.2, 0.25) is 0 Å². The van der Waals surface area contributed by atoms with Gasteiger partial charge in [0.25, 0.3) is 11.7 Å². The summed E-state index contributed by atoms with van der Waals surface area (Å²) in [5, 5.41) is 11.0. The van der Waals surface area contributed by atoms with Gasteiger partial charge in [-0.25, -0.2) is 0 Å². The fraction of sp³-hybridized carbons (Fsp3) is 0.238. The second-order valence-electron chi connectivity index (χ2n) is 6.27. The van der Waals surface area contributed by atoms with Crippen molar-refractivity contribution in [3.63, 3.8) is 0 Å². The smallest absolute Gasteiger partial charge is 0.295 e. The summed E-state index contributed by atoms with van der Waals surface area (Å²) in [5.74, 6) is -1.08. The van der Waals surface area contributed by atoms with Crippen molar-refractivity contribution in [3.8, 4) is 5.75 Å². The van der Waals surface area contributed by atoms with Gasteiger partial charge in [-0.05, 0) is 29.8 Å². The van der Waals surface area contributed by atoms with Crippen LogP contribution in [0.2, 0.25) is 0 Å². The third-order valence-corrected chi connectivity index (χ3v) is 5.08. The average Bonchev–Trinajstić information content (AvgIpc) is 2.96. The fourth-order valence-electron chi connectivity index (χ4n) is 3.25. The molecule has 1 unspecified atom stereocenters. The van der Waals surface area contributed by atoms with Crippen molar-refractivity contribution >= 4 is 33.4 Å². The summed E-state index contributed by atoms with van der Waals surface area (Å²) < 4.78 is 11.1. The highest BCUT2D eigenvalue weighted by atomic mass is 79.9. The normalized spacial score (nSPS) is 18.5. The van der Waals surface area contributed by atoms with Gasteiger partial charge in [0.1, 0.15) is 11.5 Å². The maximum atomic E-state index is 12.8. The molecule has 0 radical (unpaired) electrons. The molecule has 0 aromatic heterocycles. The number of benzene rings is 2. The summed E-state index contributed by atoms with van der Waals surface area (Å²) >= 11 is 3.42. The second-order valence-corrected chi connectivity index (χ2v) is 7.19. The number of amides is 1. The molecule has 146 valence electrons. The number of ketones is 1. The van der Waals surface area contributed by atoms with Crippen LogP contribution in [-0.2, 0) is 14.3 Å². The van der Waals surface area contributed by atoms with Gasteiger partial charge in [-0.15, -0.1) is 0 Å². The van der Waals surface area contributed by atoms with Crippen molar-refractivity contribution in [2.24, 2.45) is 0 Å². The number of Topliss-reactive ketones (excluding diaryl/α,β-unsaturated/α-hetero) is 1. The van der Waals surface area contributed by atoms with Crippen LogP contribution in [0.25, 0.3) is 5.76 Å². The minimum atomic E-state index is -0.721. The first-order valence-corrected chi connectivity index (χ1v) is 9.44. The topological polar surface area (TPSA) is 76.1 Å². The SMILES string of the molecule is COCCN1C(=O)C(=O)/C(=C(/O)c2cccc(OC)c2)C1c1cccc(Br)c1. The predicted molar refractivity (Wildman–Crippen MR) is 108 cm³/mol. The Labute approximate surface area is 171 Å². The van der Waals surface area contributed by atoms with E-state index >= 15 is 0 Å². The van der Waals surface area contributed by atoms with Gasteiger partial charge in [-0.2, -0.15) is 0 Å². The molecule has 1 aliphatic heterocycles. The Bertz CT molecular complexity index is 940. The molecule has 1 N–H and O–H groups in total. The van der Waals surface area contributed by atoms with E-state index in [1.165, 1.54) is 19.1 Å². The van der Waals surface area contributed by atoms with E-state index in [2.05, 4.69) is 15.9 Å². The highest BCUT2D eigenvalue weighted by Gasteiger charge is 2.45. The van der Waals surface area contributed by atoms with Crippen molar-refractivity contribution < 1.29 is 24.2 Å². The lowest BCUT2D eigenvalue weighted by atomic mass is 9.95. The van der Waals surface area contributed by atoms with Crippen molar-refractivity contribution in [1.29, 1.82) is 0 Å². The molecular formula is C21H20BrNO5. The number of ether oxygens (including phenoxy) is 2. The van der Waals surface area contributed by atoms with Crippen molar-refractivity contribution in [3.05, 3.63) is 69.7 Å². The molecule has 7 heteroatoms. The van der Waals surface area contributed by atoms with Crippen LogP contribution in [-0.4, -0.2) is 49.1 Å². The van der Waals surface area contributed by atoms with Crippen LogP contribution >= 0.6 is 15.9 Å². The molecule has 1 fully saturated rings. The van der Waals surface area contributed by atoms with E-state index in [1.54, 1.807) is 24.3 Å². The average molecular weight is 446 g/mol. The maximum absolute atomic E-state index is 12.8. The van der Waals surface area contributed by atoms with Crippen molar-refractivity contribution in [2.45, 2.75) is 6.04 Å². The fourth-order valence-corrected chi connectivity index (χ4v) is 3.67. The Hall–Kier alpha value is -2.64. The summed E-state index contributed by atoms with van der Waals surface area (Å²) in [6.07, 6.45) is 0. The van der Waals surface area contributed by atoms with E-state index < -0.39 is 17.7 Å². The van der Waals surface area contributed by atoms with Crippen LogP contribution in [0.5, 0.6) is 5.75 Å². The number of carbonyl (C=O) groups is 2. The second kappa shape index (κ2) is 8.58. The summed E-state index contributed by atoms with van der Waals surface area (Å²) in [7, 11) is 3.05. The molecule has 2 aromatic rings. The van der Waals surface area contributed by atoms with E-state index in [9.17, 15) is 14.7 Å². The largest absolute Gasteiger partial charge is 0.507 e. The molecule has 1 amide bonds. The molecule has 1 saturated heterocycles. The highest BCUT2D eigenvalue weighted by molar-refractivity contribution is 9.10. The van der Waals surface area contributed by atoms with Gasteiger partial charge < -0.3 is 19.5 Å². The third-order valence-electron chi connectivity index (χ3n) is 4.58. The number of halogens is 1. The number of likely N-dealkylation sites (tertiary alicyclic amines) is 1. The van der Waals surface area contributed by atoms with Gasteiger partial charge in [-0.1, -0.05) is 40.2 Å². The van der Waals surface area contributed by atoms with Crippen LogP contribution in [0.15, 0.2) is 58.6 Å². The molecular weight excluding hydrogens is 426 g/mol. The van der Waals surface area contributed by atoms with E-state index in [4.69, 9.17) is 9.47 Å². The van der Waals surface area contributed by atoms with Crippen LogP contribution in [0, 0.1) is 0 Å². The Morgan fingerprint density at radius 3 is 2.57 bits per heavy atom. The Kier molecular flexibility index (Phi) is 6.16. The molecule has 28 heavy (non-hydrogen) atoms. The van der Waals surface area contributed by atoms with Gasteiger partial charge in [0.05, 0.1) is 25.3 Å². The minimum Gasteiger partial charge on any atom is -0.507 e. The van der Waals surface area contributed by atoms with E-state index in [1.807, 2.05) is 24.3 Å². The lowest BCUT2D eigenvalue weighted by molar-refractivity contribution is -0.140. The first kappa shape index (κ1) is 20.1. The highest BCUT2D eigenvalue weighted by Crippen LogP contribution is 2.40. The van der Waals surface area contributed by atoms with Crippen LogP contribution in [0.4, 0.5) is 0 Å². The lowest BCUT2D eigenvalue weighted by Crippen LogP contribution is -2.32. The Morgan fingerprint density at radius 1 is 1.14 bits per heavy atom. The molecule has 1 atom stereocenters. The van der Waals surface area contributed by atoms with Gasteiger partial charge in [0.15, 0.2) is 0 Å². The molecule has 0 aliphatic carbocycles.